The van der Waals surface area contributed by atoms with Crippen LogP contribution in [0.25, 0.3) is 11.3 Å². The molecule has 0 amide bonds. The van der Waals surface area contributed by atoms with Crippen molar-refractivity contribution in [3.8, 4) is 11.3 Å². The standard InChI is InChI=1S/C19H22ClN3O3/c1-12-4-2-3-9-23(12)15-10-22(11-15)18-16(19(24)25)17(26-21-18)13-5-7-14(20)8-6-13/h5-8,12,15H,2-4,9-11H2,1H3,(H,24,25). The predicted molar refractivity (Wildman–Crippen MR) is 99.9 cm³/mol. The first kappa shape index (κ1) is 17.4. The summed E-state index contributed by atoms with van der Waals surface area (Å²) in [5, 5.41) is 14.4. The number of rotatable bonds is 4. The molecular weight excluding hydrogens is 354 g/mol. The van der Waals surface area contributed by atoms with Gasteiger partial charge in [-0.25, -0.2) is 4.79 Å². The quantitative estimate of drug-likeness (QED) is 0.877. The van der Waals surface area contributed by atoms with Crippen LogP contribution in [0.2, 0.25) is 5.02 Å². The highest BCUT2D eigenvalue weighted by Crippen LogP contribution is 2.35. The molecule has 2 aliphatic heterocycles. The first-order chi connectivity index (χ1) is 12.5. The maximum atomic E-state index is 11.9. The van der Waals surface area contributed by atoms with Crippen LogP contribution in [0.1, 0.15) is 36.5 Å². The van der Waals surface area contributed by atoms with E-state index in [-0.39, 0.29) is 11.3 Å². The van der Waals surface area contributed by atoms with Crippen LogP contribution in [0.15, 0.2) is 28.8 Å². The maximum Gasteiger partial charge on any atom is 0.343 e. The summed E-state index contributed by atoms with van der Waals surface area (Å²) in [6.45, 7) is 4.98. The lowest BCUT2D eigenvalue weighted by molar-refractivity contribution is 0.0694. The molecular formula is C19H22ClN3O3. The number of carboxylic acid groups (broad SMARTS) is 1. The minimum Gasteiger partial charge on any atom is -0.477 e. The molecule has 7 heteroatoms. The fraction of sp³-hybridized carbons (Fsp3) is 0.474. The van der Waals surface area contributed by atoms with E-state index < -0.39 is 5.97 Å². The van der Waals surface area contributed by atoms with Crippen LogP contribution in [0, 0.1) is 0 Å². The highest BCUT2D eigenvalue weighted by molar-refractivity contribution is 6.30. The molecule has 0 bridgehead atoms. The lowest BCUT2D eigenvalue weighted by atomic mass is 9.97. The number of hydrogen-bond acceptors (Lipinski definition) is 5. The van der Waals surface area contributed by atoms with Crippen LogP contribution in [0.5, 0.6) is 0 Å². The van der Waals surface area contributed by atoms with Crippen LogP contribution in [-0.2, 0) is 0 Å². The van der Waals surface area contributed by atoms with Crippen molar-refractivity contribution in [1.29, 1.82) is 0 Å². The van der Waals surface area contributed by atoms with E-state index in [1.54, 1.807) is 24.3 Å². The van der Waals surface area contributed by atoms with E-state index in [1.807, 2.05) is 4.90 Å². The van der Waals surface area contributed by atoms with Gasteiger partial charge in [0.05, 0.1) is 0 Å². The Kier molecular flexibility index (Phi) is 4.63. The predicted octanol–water partition coefficient (Wildman–Crippen LogP) is 3.76. The maximum absolute atomic E-state index is 11.9. The number of likely N-dealkylation sites (tertiary alicyclic amines) is 1. The van der Waals surface area contributed by atoms with Crippen molar-refractivity contribution >= 4 is 23.4 Å². The molecule has 1 N–H and O–H groups in total. The summed E-state index contributed by atoms with van der Waals surface area (Å²) < 4.78 is 5.41. The smallest absolute Gasteiger partial charge is 0.343 e. The first-order valence-corrected chi connectivity index (χ1v) is 9.42. The molecule has 1 aromatic heterocycles. The SMILES string of the molecule is CC1CCCCN1C1CN(c2noc(-c3ccc(Cl)cc3)c2C(=O)O)C1. The average molecular weight is 376 g/mol. The van der Waals surface area contributed by atoms with Gasteiger partial charge in [-0.15, -0.1) is 0 Å². The van der Waals surface area contributed by atoms with Crippen molar-refractivity contribution in [2.45, 2.75) is 38.3 Å². The van der Waals surface area contributed by atoms with Crippen LogP contribution in [-0.4, -0.2) is 52.9 Å². The molecule has 0 saturated carbocycles. The summed E-state index contributed by atoms with van der Waals surface area (Å²) in [4.78, 5) is 16.4. The summed E-state index contributed by atoms with van der Waals surface area (Å²) in [6.07, 6.45) is 3.78. The zero-order valence-electron chi connectivity index (χ0n) is 14.7. The molecule has 3 heterocycles. The third kappa shape index (κ3) is 3.08. The zero-order valence-corrected chi connectivity index (χ0v) is 15.4. The Labute approximate surface area is 157 Å². The third-order valence-corrected chi connectivity index (χ3v) is 5.73. The van der Waals surface area contributed by atoms with Gasteiger partial charge in [0, 0.05) is 35.8 Å². The van der Waals surface area contributed by atoms with Gasteiger partial charge in [-0.05, 0) is 50.6 Å². The Hall–Kier alpha value is -2.05. The van der Waals surface area contributed by atoms with Crippen LogP contribution < -0.4 is 4.90 Å². The lowest BCUT2D eigenvalue weighted by Gasteiger charge is -2.49. The summed E-state index contributed by atoms with van der Waals surface area (Å²) in [5.74, 6) is -0.330. The number of halogens is 1. The largest absolute Gasteiger partial charge is 0.477 e. The molecule has 138 valence electrons. The molecule has 2 aliphatic rings. The van der Waals surface area contributed by atoms with Crippen molar-refractivity contribution < 1.29 is 14.4 Å². The van der Waals surface area contributed by atoms with Gasteiger partial charge in [0.25, 0.3) is 0 Å². The highest BCUT2D eigenvalue weighted by Gasteiger charge is 2.39. The molecule has 6 nitrogen and oxygen atoms in total. The molecule has 0 radical (unpaired) electrons. The average Bonchev–Trinajstić information content (AvgIpc) is 3.01. The molecule has 26 heavy (non-hydrogen) atoms. The number of anilines is 1. The van der Waals surface area contributed by atoms with Crippen LogP contribution in [0.3, 0.4) is 0 Å². The lowest BCUT2D eigenvalue weighted by Crippen LogP contribution is -2.62. The number of benzene rings is 1. The van der Waals surface area contributed by atoms with Crippen molar-refractivity contribution in [3.63, 3.8) is 0 Å². The number of piperidine rings is 1. The fourth-order valence-electron chi connectivity index (χ4n) is 3.99. The zero-order chi connectivity index (χ0) is 18.3. The van der Waals surface area contributed by atoms with Crippen molar-refractivity contribution in [2.75, 3.05) is 24.5 Å². The topological polar surface area (TPSA) is 69.8 Å². The highest BCUT2D eigenvalue weighted by atomic mass is 35.5. The van der Waals surface area contributed by atoms with Gasteiger partial charge >= 0.3 is 5.97 Å². The molecule has 2 fully saturated rings. The minimum atomic E-state index is -1.03. The fourth-order valence-corrected chi connectivity index (χ4v) is 4.12. The van der Waals surface area contributed by atoms with Gasteiger partial charge < -0.3 is 14.5 Å². The molecule has 2 aromatic rings. The van der Waals surface area contributed by atoms with Gasteiger partial charge in [-0.1, -0.05) is 23.2 Å². The number of aromatic nitrogens is 1. The van der Waals surface area contributed by atoms with E-state index in [9.17, 15) is 9.90 Å². The Bertz CT molecular complexity index is 799. The van der Waals surface area contributed by atoms with Gasteiger partial charge in [-0.3, -0.25) is 4.90 Å². The summed E-state index contributed by atoms with van der Waals surface area (Å²) in [6, 6.07) is 7.96. The summed E-state index contributed by atoms with van der Waals surface area (Å²) in [7, 11) is 0. The van der Waals surface area contributed by atoms with E-state index in [4.69, 9.17) is 16.1 Å². The van der Waals surface area contributed by atoms with E-state index in [0.717, 1.165) is 19.6 Å². The summed E-state index contributed by atoms with van der Waals surface area (Å²) >= 11 is 5.91. The Morgan fingerprint density at radius 1 is 1.27 bits per heavy atom. The van der Waals surface area contributed by atoms with Crippen molar-refractivity contribution in [2.24, 2.45) is 0 Å². The Morgan fingerprint density at radius 3 is 2.65 bits per heavy atom. The second kappa shape index (κ2) is 6.93. The number of carbonyl (C=O) groups is 1. The molecule has 0 spiro atoms. The number of aromatic carboxylic acids is 1. The van der Waals surface area contributed by atoms with Crippen LogP contribution in [0.4, 0.5) is 5.82 Å². The van der Waals surface area contributed by atoms with E-state index >= 15 is 0 Å². The number of hydrogen-bond donors (Lipinski definition) is 1. The van der Waals surface area contributed by atoms with Crippen molar-refractivity contribution in [3.05, 3.63) is 34.9 Å². The second-order valence-electron chi connectivity index (χ2n) is 7.16. The van der Waals surface area contributed by atoms with Gasteiger partial charge in [0.15, 0.2) is 17.1 Å². The second-order valence-corrected chi connectivity index (χ2v) is 7.60. The Morgan fingerprint density at radius 2 is 2.00 bits per heavy atom. The third-order valence-electron chi connectivity index (χ3n) is 5.48. The normalized spacial score (nSPS) is 21.6. The van der Waals surface area contributed by atoms with E-state index in [2.05, 4.69) is 17.0 Å². The first-order valence-electron chi connectivity index (χ1n) is 9.04. The van der Waals surface area contributed by atoms with Gasteiger partial charge in [-0.2, -0.15) is 0 Å². The molecule has 1 aromatic carbocycles. The minimum absolute atomic E-state index is 0.123. The number of carboxylic acids is 1. The molecule has 1 atom stereocenters. The molecule has 2 saturated heterocycles. The van der Waals surface area contributed by atoms with Gasteiger partial charge in [0.1, 0.15) is 0 Å². The molecule has 4 rings (SSSR count). The van der Waals surface area contributed by atoms with Gasteiger partial charge in [0.2, 0.25) is 0 Å². The summed E-state index contributed by atoms with van der Waals surface area (Å²) in [5.41, 5.74) is 0.782. The number of nitrogens with zero attached hydrogens (tertiary/aromatic N) is 3. The van der Waals surface area contributed by atoms with E-state index in [1.165, 1.54) is 19.3 Å². The monoisotopic (exact) mass is 375 g/mol. The van der Waals surface area contributed by atoms with Crippen molar-refractivity contribution in [1.82, 2.24) is 10.1 Å². The van der Waals surface area contributed by atoms with Crippen LogP contribution >= 0.6 is 11.6 Å². The molecule has 0 aliphatic carbocycles. The Balaban J connectivity index is 1.55. The molecule has 1 unspecified atom stereocenters. The van der Waals surface area contributed by atoms with E-state index in [0.29, 0.717) is 28.5 Å².